The minimum atomic E-state index is 0.134. The van der Waals surface area contributed by atoms with Crippen LogP contribution in [0, 0.1) is 0 Å². The Bertz CT molecular complexity index is 494. The highest BCUT2D eigenvalue weighted by molar-refractivity contribution is 5.90. The molecule has 0 bridgehead atoms. The number of carbonyl (C=O) groups excluding carboxylic acids is 1. The highest BCUT2D eigenvalue weighted by atomic mass is 16.1. The quantitative estimate of drug-likeness (QED) is 0.199. The van der Waals surface area contributed by atoms with Crippen LogP contribution in [0.25, 0.3) is 0 Å². The Hall–Kier alpha value is -1.57. The summed E-state index contributed by atoms with van der Waals surface area (Å²) in [4.78, 5) is 11.9. The Kier molecular flexibility index (Phi) is 16.4. The normalized spacial score (nSPS) is 11.2. The zero-order valence-electron chi connectivity index (χ0n) is 18.3. The molecule has 0 fully saturated rings. The second kappa shape index (κ2) is 18.8. The molecule has 0 aromatic heterocycles. The highest BCUT2D eigenvalue weighted by Gasteiger charge is 2.01. The van der Waals surface area contributed by atoms with Crippen molar-refractivity contribution in [2.24, 2.45) is 0 Å². The summed E-state index contributed by atoms with van der Waals surface area (Å²) in [5.74, 6) is 0.134. The lowest BCUT2D eigenvalue weighted by Crippen LogP contribution is -2.10. The smallest absolute Gasteiger partial charge is 0.224 e. The fourth-order valence-corrected chi connectivity index (χ4v) is 3.45. The van der Waals surface area contributed by atoms with E-state index in [1.807, 2.05) is 30.3 Å². The number of nitrogens with one attached hydrogen (secondary N) is 1. The molecule has 0 aliphatic rings. The molecule has 0 unspecified atom stereocenters. The second-order valence-corrected chi connectivity index (χ2v) is 7.96. The van der Waals surface area contributed by atoms with Gasteiger partial charge in [-0.2, -0.15) is 0 Å². The fourth-order valence-electron chi connectivity index (χ4n) is 3.45. The van der Waals surface area contributed by atoms with E-state index < -0.39 is 0 Å². The number of unbranched alkanes of at least 4 members (excludes halogenated alkanes) is 13. The average Bonchev–Trinajstić information content (AvgIpc) is 2.71. The Balaban J connectivity index is 1.80. The van der Waals surface area contributed by atoms with Gasteiger partial charge in [0.1, 0.15) is 0 Å². The van der Waals surface area contributed by atoms with Crippen LogP contribution < -0.4 is 5.32 Å². The third kappa shape index (κ3) is 15.5. The first kappa shape index (κ1) is 24.5. The van der Waals surface area contributed by atoms with E-state index in [1.165, 1.54) is 83.5 Å². The molecule has 2 heteroatoms. The molecule has 0 atom stereocenters. The number of amides is 1. The van der Waals surface area contributed by atoms with E-state index in [9.17, 15) is 4.79 Å². The van der Waals surface area contributed by atoms with Gasteiger partial charge >= 0.3 is 0 Å². The summed E-state index contributed by atoms with van der Waals surface area (Å²) in [6, 6.07) is 9.71. The molecule has 2 nitrogen and oxygen atoms in total. The molecule has 158 valence electrons. The monoisotopic (exact) mass is 385 g/mol. The molecule has 1 aromatic rings. The molecule has 1 rings (SSSR count). The first-order chi connectivity index (χ1) is 13.8. The van der Waals surface area contributed by atoms with E-state index >= 15 is 0 Å². The molecule has 1 aromatic carbocycles. The van der Waals surface area contributed by atoms with E-state index in [-0.39, 0.29) is 5.91 Å². The maximum atomic E-state index is 11.9. The molecule has 0 spiro atoms. The first-order valence-electron chi connectivity index (χ1n) is 11.8. The molecule has 0 saturated carbocycles. The molecule has 0 radical (unpaired) electrons. The number of hydrogen-bond donors (Lipinski definition) is 1. The van der Waals surface area contributed by atoms with Crippen molar-refractivity contribution in [2.45, 2.75) is 110 Å². The van der Waals surface area contributed by atoms with Crippen LogP contribution in [0.5, 0.6) is 0 Å². The number of hydrogen-bond acceptors (Lipinski definition) is 1. The predicted molar refractivity (Wildman–Crippen MR) is 124 cm³/mol. The summed E-state index contributed by atoms with van der Waals surface area (Å²) in [6.45, 7) is 2.28. The van der Waals surface area contributed by atoms with Crippen LogP contribution in [-0.4, -0.2) is 5.91 Å². The van der Waals surface area contributed by atoms with Gasteiger partial charge in [0.2, 0.25) is 5.91 Å². The molecule has 1 N–H and O–H groups in total. The van der Waals surface area contributed by atoms with E-state index in [0.29, 0.717) is 6.42 Å². The summed E-state index contributed by atoms with van der Waals surface area (Å²) in [5.41, 5.74) is 0.895. The molecule has 0 heterocycles. The highest BCUT2D eigenvalue weighted by Crippen LogP contribution is 2.12. The predicted octanol–water partition coefficient (Wildman–Crippen LogP) is 8.44. The van der Waals surface area contributed by atoms with Crippen molar-refractivity contribution in [2.75, 3.05) is 5.32 Å². The number of para-hydroxylation sites is 1. The maximum absolute atomic E-state index is 11.9. The van der Waals surface area contributed by atoms with E-state index in [2.05, 4.69) is 24.4 Å². The molecule has 0 aliphatic carbocycles. The van der Waals surface area contributed by atoms with Crippen molar-refractivity contribution >= 4 is 11.6 Å². The van der Waals surface area contributed by atoms with Gasteiger partial charge in [0, 0.05) is 12.1 Å². The van der Waals surface area contributed by atoms with E-state index in [1.54, 1.807) is 0 Å². The van der Waals surface area contributed by atoms with Crippen LogP contribution >= 0.6 is 0 Å². The summed E-state index contributed by atoms with van der Waals surface area (Å²) in [7, 11) is 0. The summed E-state index contributed by atoms with van der Waals surface area (Å²) < 4.78 is 0. The summed E-state index contributed by atoms with van der Waals surface area (Å²) >= 11 is 0. The number of allylic oxidation sites excluding steroid dienone is 2. The Morgan fingerprint density at radius 2 is 1.21 bits per heavy atom. The van der Waals surface area contributed by atoms with E-state index in [4.69, 9.17) is 0 Å². The van der Waals surface area contributed by atoms with Crippen LogP contribution in [0.4, 0.5) is 5.69 Å². The van der Waals surface area contributed by atoms with Crippen LogP contribution in [-0.2, 0) is 4.79 Å². The minimum absolute atomic E-state index is 0.134. The molecule has 0 saturated heterocycles. The van der Waals surface area contributed by atoms with Crippen LogP contribution in [0.1, 0.15) is 110 Å². The van der Waals surface area contributed by atoms with Crippen molar-refractivity contribution in [3.05, 3.63) is 42.5 Å². The minimum Gasteiger partial charge on any atom is -0.326 e. The maximum Gasteiger partial charge on any atom is 0.224 e. The van der Waals surface area contributed by atoms with Crippen molar-refractivity contribution in [3.63, 3.8) is 0 Å². The van der Waals surface area contributed by atoms with Crippen molar-refractivity contribution in [3.8, 4) is 0 Å². The van der Waals surface area contributed by atoms with Gasteiger partial charge in [0.05, 0.1) is 0 Å². The number of carbonyl (C=O) groups is 1. The van der Waals surface area contributed by atoms with Crippen LogP contribution in [0.2, 0.25) is 0 Å². The third-order valence-electron chi connectivity index (χ3n) is 5.22. The summed E-state index contributed by atoms with van der Waals surface area (Å²) in [5, 5.41) is 2.95. The SMILES string of the molecule is CCCCCCCCCC/C=C\CCCCCCCC(=O)Nc1ccccc1. The second-order valence-electron chi connectivity index (χ2n) is 7.96. The van der Waals surface area contributed by atoms with Gasteiger partial charge in [0.15, 0.2) is 0 Å². The average molecular weight is 386 g/mol. The van der Waals surface area contributed by atoms with Crippen molar-refractivity contribution < 1.29 is 4.79 Å². The largest absolute Gasteiger partial charge is 0.326 e. The van der Waals surface area contributed by atoms with Crippen LogP contribution in [0.15, 0.2) is 42.5 Å². The lowest BCUT2D eigenvalue weighted by atomic mass is 10.1. The molecular weight excluding hydrogens is 342 g/mol. The van der Waals surface area contributed by atoms with Gasteiger partial charge in [-0.05, 0) is 44.2 Å². The first-order valence-corrected chi connectivity index (χ1v) is 11.8. The van der Waals surface area contributed by atoms with Crippen molar-refractivity contribution in [1.29, 1.82) is 0 Å². The Morgan fingerprint density at radius 1 is 0.714 bits per heavy atom. The van der Waals surface area contributed by atoms with Gasteiger partial charge in [-0.1, -0.05) is 101 Å². The molecular formula is C26H43NO. The van der Waals surface area contributed by atoms with Gasteiger partial charge < -0.3 is 5.32 Å². The number of rotatable bonds is 18. The Morgan fingerprint density at radius 3 is 1.79 bits per heavy atom. The lowest BCUT2D eigenvalue weighted by Gasteiger charge is -2.04. The molecule has 28 heavy (non-hydrogen) atoms. The van der Waals surface area contributed by atoms with Crippen LogP contribution in [0.3, 0.4) is 0 Å². The van der Waals surface area contributed by atoms with Gasteiger partial charge in [0.25, 0.3) is 0 Å². The topological polar surface area (TPSA) is 29.1 Å². The number of benzene rings is 1. The lowest BCUT2D eigenvalue weighted by molar-refractivity contribution is -0.116. The van der Waals surface area contributed by atoms with Gasteiger partial charge in [-0.15, -0.1) is 0 Å². The fraction of sp³-hybridized carbons (Fsp3) is 0.654. The molecule has 0 aliphatic heterocycles. The van der Waals surface area contributed by atoms with E-state index in [0.717, 1.165) is 18.5 Å². The number of anilines is 1. The Labute approximate surface area is 174 Å². The zero-order valence-corrected chi connectivity index (χ0v) is 18.3. The van der Waals surface area contributed by atoms with Crippen molar-refractivity contribution in [1.82, 2.24) is 0 Å². The zero-order chi connectivity index (χ0) is 20.1. The third-order valence-corrected chi connectivity index (χ3v) is 5.22. The standard InChI is InChI=1S/C26H43NO/c1-2-3-4-5-6-7-8-9-10-11-12-13-14-15-16-17-21-24-26(28)27-25-22-19-18-20-23-25/h11-12,18-20,22-23H,2-10,13-17,21,24H2,1H3,(H,27,28)/b12-11-. The van der Waals surface area contributed by atoms with Gasteiger partial charge in [-0.25, -0.2) is 0 Å². The van der Waals surface area contributed by atoms with Gasteiger partial charge in [-0.3, -0.25) is 4.79 Å². The summed E-state index contributed by atoms with van der Waals surface area (Å²) in [6.07, 6.45) is 25.0. The molecule has 1 amide bonds.